The summed E-state index contributed by atoms with van der Waals surface area (Å²) in [6.45, 7) is 9.60. The number of rotatable bonds is 3. The molecule has 0 aromatic rings. The van der Waals surface area contributed by atoms with Crippen molar-refractivity contribution in [3.05, 3.63) is 0 Å². The molecule has 0 spiro atoms. The molecule has 0 aliphatic heterocycles. The van der Waals surface area contributed by atoms with Gasteiger partial charge in [-0.2, -0.15) is 0 Å². The maximum absolute atomic E-state index is 11.8. The van der Waals surface area contributed by atoms with E-state index < -0.39 is 5.54 Å². The van der Waals surface area contributed by atoms with E-state index in [0.29, 0.717) is 0 Å². The van der Waals surface area contributed by atoms with Crippen molar-refractivity contribution in [2.75, 3.05) is 0 Å². The first-order valence-corrected chi connectivity index (χ1v) is 4.55. The highest BCUT2D eigenvalue weighted by Gasteiger charge is 2.35. The average molecular weight is 171 g/mol. The van der Waals surface area contributed by atoms with Crippen LogP contribution in [0.1, 0.15) is 47.5 Å². The van der Waals surface area contributed by atoms with Crippen LogP contribution < -0.4 is 5.73 Å². The maximum Gasteiger partial charge on any atom is 0.157 e. The standard InChI is InChI=1S/C10H21NO/c1-6-7-10(5,11)8(12)9(2,3)4/h6-7,11H2,1-5H3. The van der Waals surface area contributed by atoms with Gasteiger partial charge in [0.2, 0.25) is 0 Å². The molecule has 2 heteroatoms. The van der Waals surface area contributed by atoms with Gasteiger partial charge in [-0.3, -0.25) is 4.79 Å². The van der Waals surface area contributed by atoms with Gasteiger partial charge in [0.25, 0.3) is 0 Å². The molecular formula is C10H21NO. The minimum absolute atomic E-state index is 0.150. The molecule has 0 amide bonds. The zero-order chi connectivity index (χ0) is 9.99. The largest absolute Gasteiger partial charge is 0.319 e. The van der Waals surface area contributed by atoms with E-state index in [9.17, 15) is 4.79 Å². The van der Waals surface area contributed by atoms with Crippen LogP contribution in [-0.4, -0.2) is 11.3 Å². The summed E-state index contributed by atoms with van der Waals surface area (Å²) in [5.41, 5.74) is 4.94. The molecule has 2 nitrogen and oxygen atoms in total. The number of hydrogen-bond donors (Lipinski definition) is 1. The molecule has 0 heterocycles. The normalized spacial score (nSPS) is 17.2. The second-order valence-corrected chi connectivity index (χ2v) is 4.75. The molecule has 0 saturated heterocycles. The second kappa shape index (κ2) is 3.56. The first kappa shape index (κ1) is 11.6. The fraction of sp³-hybridized carbons (Fsp3) is 0.900. The number of carbonyl (C=O) groups is 1. The quantitative estimate of drug-likeness (QED) is 0.706. The van der Waals surface area contributed by atoms with Gasteiger partial charge in [-0.15, -0.1) is 0 Å². The fourth-order valence-electron chi connectivity index (χ4n) is 1.49. The predicted molar refractivity (Wildman–Crippen MR) is 52.0 cm³/mol. The monoisotopic (exact) mass is 171 g/mol. The summed E-state index contributed by atoms with van der Waals surface area (Å²) >= 11 is 0. The molecule has 0 radical (unpaired) electrons. The van der Waals surface area contributed by atoms with E-state index in [1.165, 1.54) is 0 Å². The van der Waals surface area contributed by atoms with Crippen molar-refractivity contribution in [3.63, 3.8) is 0 Å². The summed E-state index contributed by atoms with van der Waals surface area (Å²) in [5.74, 6) is 0.150. The third kappa shape index (κ3) is 2.94. The first-order chi connectivity index (χ1) is 5.22. The maximum atomic E-state index is 11.8. The van der Waals surface area contributed by atoms with E-state index in [4.69, 9.17) is 5.73 Å². The van der Waals surface area contributed by atoms with Crippen LogP contribution in [0.5, 0.6) is 0 Å². The van der Waals surface area contributed by atoms with Crippen LogP contribution in [0.15, 0.2) is 0 Å². The lowest BCUT2D eigenvalue weighted by atomic mass is 9.77. The Bertz CT molecular complexity index is 165. The lowest BCUT2D eigenvalue weighted by Crippen LogP contribution is -2.50. The minimum atomic E-state index is -0.646. The molecule has 0 aromatic carbocycles. The summed E-state index contributed by atoms with van der Waals surface area (Å²) < 4.78 is 0. The third-order valence-corrected chi connectivity index (χ3v) is 1.97. The summed E-state index contributed by atoms with van der Waals surface area (Å²) in [5, 5.41) is 0. The molecule has 72 valence electrons. The van der Waals surface area contributed by atoms with Crippen molar-refractivity contribution < 1.29 is 4.79 Å². The Hall–Kier alpha value is -0.370. The van der Waals surface area contributed by atoms with Crippen molar-refractivity contribution in [2.24, 2.45) is 11.1 Å². The van der Waals surface area contributed by atoms with Gasteiger partial charge in [0.1, 0.15) is 0 Å². The van der Waals surface area contributed by atoms with Crippen LogP contribution in [-0.2, 0) is 4.79 Å². The van der Waals surface area contributed by atoms with E-state index in [1.54, 1.807) is 0 Å². The van der Waals surface area contributed by atoms with Gasteiger partial charge in [0, 0.05) is 5.41 Å². The number of hydrogen-bond acceptors (Lipinski definition) is 2. The van der Waals surface area contributed by atoms with Crippen LogP contribution >= 0.6 is 0 Å². The van der Waals surface area contributed by atoms with E-state index in [-0.39, 0.29) is 11.2 Å². The van der Waals surface area contributed by atoms with Gasteiger partial charge in [-0.05, 0) is 13.3 Å². The third-order valence-electron chi connectivity index (χ3n) is 1.97. The average Bonchev–Trinajstić information content (AvgIpc) is 1.84. The van der Waals surface area contributed by atoms with Crippen LogP contribution in [0, 0.1) is 5.41 Å². The smallest absolute Gasteiger partial charge is 0.157 e. The van der Waals surface area contributed by atoms with Crippen molar-refractivity contribution >= 4 is 5.78 Å². The minimum Gasteiger partial charge on any atom is -0.319 e. The van der Waals surface area contributed by atoms with E-state index in [1.807, 2.05) is 34.6 Å². The highest BCUT2D eigenvalue weighted by Crippen LogP contribution is 2.24. The number of nitrogens with two attached hydrogens (primary N) is 1. The van der Waals surface area contributed by atoms with Gasteiger partial charge in [-0.1, -0.05) is 34.1 Å². The molecular weight excluding hydrogens is 150 g/mol. The summed E-state index contributed by atoms with van der Waals surface area (Å²) in [7, 11) is 0. The SMILES string of the molecule is CCCC(C)(N)C(=O)C(C)(C)C. The Labute approximate surface area is 75.5 Å². The Morgan fingerprint density at radius 2 is 1.67 bits per heavy atom. The molecule has 1 atom stereocenters. The predicted octanol–water partition coefficient (Wildman–Crippen LogP) is 2.12. The van der Waals surface area contributed by atoms with Gasteiger partial charge >= 0.3 is 0 Å². The lowest BCUT2D eigenvalue weighted by Gasteiger charge is -2.30. The molecule has 12 heavy (non-hydrogen) atoms. The molecule has 0 rings (SSSR count). The van der Waals surface area contributed by atoms with Gasteiger partial charge in [-0.25, -0.2) is 0 Å². The molecule has 0 aliphatic carbocycles. The highest BCUT2D eigenvalue weighted by atomic mass is 16.1. The van der Waals surface area contributed by atoms with Gasteiger partial charge in [0.05, 0.1) is 5.54 Å². The lowest BCUT2D eigenvalue weighted by molar-refractivity contribution is -0.131. The molecule has 0 bridgehead atoms. The molecule has 2 N–H and O–H groups in total. The van der Waals surface area contributed by atoms with Crippen molar-refractivity contribution in [3.8, 4) is 0 Å². The molecule has 0 aromatic heterocycles. The highest BCUT2D eigenvalue weighted by molar-refractivity contribution is 5.92. The van der Waals surface area contributed by atoms with Crippen molar-refractivity contribution in [1.29, 1.82) is 0 Å². The Morgan fingerprint density at radius 3 is 1.92 bits per heavy atom. The van der Waals surface area contributed by atoms with E-state index in [2.05, 4.69) is 0 Å². The Morgan fingerprint density at radius 1 is 1.25 bits per heavy atom. The second-order valence-electron chi connectivity index (χ2n) is 4.75. The molecule has 0 saturated carbocycles. The zero-order valence-electron chi connectivity index (χ0n) is 8.90. The fourth-order valence-corrected chi connectivity index (χ4v) is 1.49. The summed E-state index contributed by atoms with van der Waals surface area (Å²) in [4.78, 5) is 11.8. The molecule has 0 fully saturated rings. The van der Waals surface area contributed by atoms with Crippen molar-refractivity contribution in [2.45, 2.75) is 53.0 Å². The Balaban J connectivity index is 4.46. The van der Waals surface area contributed by atoms with Crippen LogP contribution in [0.3, 0.4) is 0 Å². The zero-order valence-corrected chi connectivity index (χ0v) is 8.90. The number of ketones is 1. The molecule has 1 unspecified atom stereocenters. The van der Waals surface area contributed by atoms with Gasteiger partial charge < -0.3 is 5.73 Å². The summed E-state index contributed by atoms with van der Waals surface area (Å²) in [6, 6.07) is 0. The number of carbonyl (C=O) groups excluding carboxylic acids is 1. The topological polar surface area (TPSA) is 43.1 Å². The summed E-state index contributed by atoms with van der Waals surface area (Å²) in [6.07, 6.45) is 1.72. The number of Topliss-reactive ketones (excluding diaryl/α,β-unsaturated/α-hetero) is 1. The van der Waals surface area contributed by atoms with Crippen LogP contribution in [0.25, 0.3) is 0 Å². The molecule has 0 aliphatic rings. The van der Waals surface area contributed by atoms with Crippen LogP contribution in [0.4, 0.5) is 0 Å². The van der Waals surface area contributed by atoms with E-state index >= 15 is 0 Å². The van der Waals surface area contributed by atoms with Gasteiger partial charge in [0.15, 0.2) is 5.78 Å². The van der Waals surface area contributed by atoms with E-state index in [0.717, 1.165) is 12.8 Å². The van der Waals surface area contributed by atoms with Crippen LogP contribution in [0.2, 0.25) is 0 Å². The Kier molecular flexibility index (Phi) is 3.45. The first-order valence-electron chi connectivity index (χ1n) is 4.55. The van der Waals surface area contributed by atoms with Crippen molar-refractivity contribution in [1.82, 2.24) is 0 Å².